The Hall–Kier alpha value is -3.88. The van der Waals surface area contributed by atoms with Gasteiger partial charge in [0, 0.05) is 17.7 Å². The van der Waals surface area contributed by atoms with Gasteiger partial charge in [0.15, 0.2) is 11.6 Å². The van der Waals surface area contributed by atoms with Crippen molar-refractivity contribution in [2.45, 2.75) is 26.1 Å². The van der Waals surface area contributed by atoms with Gasteiger partial charge in [0.2, 0.25) is 0 Å². The lowest BCUT2D eigenvalue weighted by Gasteiger charge is -2.32. The van der Waals surface area contributed by atoms with Crippen LogP contribution in [0.3, 0.4) is 0 Å². The molecule has 0 spiro atoms. The molecule has 1 aliphatic heterocycles. The zero-order valence-corrected chi connectivity index (χ0v) is 16.5. The highest BCUT2D eigenvalue weighted by molar-refractivity contribution is 5.94. The zero-order chi connectivity index (χ0) is 20.5. The highest BCUT2D eigenvalue weighted by Crippen LogP contribution is 2.28. The van der Waals surface area contributed by atoms with Crippen LogP contribution < -0.4 is 0 Å². The number of amides is 1. The van der Waals surface area contributed by atoms with E-state index in [1.165, 1.54) is 0 Å². The van der Waals surface area contributed by atoms with Crippen molar-refractivity contribution in [1.29, 1.82) is 0 Å². The van der Waals surface area contributed by atoms with Crippen LogP contribution in [0.1, 0.15) is 34.7 Å². The molecule has 30 heavy (non-hydrogen) atoms. The predicted molar refractivity (Wildman–Crippen MR) is 108 cm³/mol. The molecule has 2 aromatic heterocycles. The Kier molecular flexibility index (Phi) is 4.55. The van der Waals surface area contributed by atoms with Crippen molar-refractivity contribution in [3.8, 4) is 11.4 Å². The molecule has 1 aliphatic rings. The Balaban J connectivity index is 1.34. The number of nitrogens with zero attached hydrogens (tertiary/aromatic N) is 8. The zero-order valence-electron chi connectivity index (χ0n) is 16.5. The van der Waals surface area contributed by atoms with Crippen LogP contribution in [0.5, 0.6) is 0 Å². The Morgan fingerprint density at radius 1 is 1.07 bits per heavy atom. The fourth-order valence-corrected chi connectivity index (χ4v) is 3.84. The first-order chi connectivity index (χ1) is 14.7. The van der Waals surface area contributed by atoms with Crippen molar-refractivity contribution >= 4 is 5.91 Å². The van der Waals surface area contributed by atoms with Crippen LogP contribution in [-0.4, -0.2) is 52.3 Å². The number of carbonyl (C=O) groups excluding carboxylic acids is 1. The average Bonchev–Trinajstić information content (AvgIpc) is 3.44. The summed E-state index contributed by atoms with van der Waals surface area (Å²) in [6, 6.07) is 17.7. The smallest absolute Gasteiger partial charge is 0.254 e. The van der Waals surface area contributed by atoms with E-state index >= 15 is 0 Å². The Bertz CT molecular complexity index is 1150. The molecule has 0 bridgehead atoms. The molecule has 4 aromatic rings. The second kappa shape index (κ2) is 7.51. The number of hydrogen-bond donors (Lipinski definition) is 0. The van der Waals surface area contributed by atoms with Crippen LogP contribution >= 0.6 is 0 Å². The monoisotopic (exact) mass is 400 g/mol. The van der Waals surface area contributed by atoms with Gasteiger partial charge in [-0.05, 0) is 35.0 Å². The third kappa shape index (κ3) is 3.34. The number of carbonyl (C=O) groups is 1. The topological polar surface area (TPSA) is 94.6 Å². The number of aromatic nitrogens is 7. The number of benzene rings is 2. The van der Waals surface area contributed by atoms with Gasteiger partial charge in [0.05, 0.1) is 19.1 Å². The minimum absolute atomic E-state index is 0.00802. The molecule has 2 aromatic carbocycles. The number of rotatable bonds is 4. The van der Waals surface area contributed by atoms with Crippen LogP contribution in [0.25, 0.3) is 11.4 Å². The van der Waals surface area contributed by atoms with E-state index in [2.05, 4.69) is 37.2 Å². The van der Waals surface area contributed by atoms with E-state index in [4.69, 9.17) is 0 Å². The van der Waals surface area contributed by atoms with Gasteiger partial charge >= 0.3 is 0 Å². The molecular weight excluding hydrogens is 380 g/mol. The quantitative estimate of drug-likeness (QED) is 0.521. The van der Waals surface area contributed by atoms with E-state index in [0.29, 0.717) is 25.2 Å². The molecule has 0 saturated heterocycles. The summed E-state index contributed by atoms with van der Waals surface area (Å²) in [6.07, 6.45) is 1.56. The average molecular weight is 400 g/mol. The van der Waals surface area contributed by atoms with Crippen LogP contribution in [0.4, 0.5) is 0 Å². The number of fused-ring (bicyclic) bond motifs is 1. The molecule has 5 rings (SSSR count). The molecule has 0 saturated carbocycles. The Morgan fingerprint density at radius 3 is 2.60 bits per heavy atom. The third-order valence-electron chi connectivity index (χ3n) is 5.28. The second-order valence-electron chi connectivity index (χ2n) is 7.41. The maximum absolute atomic E-state index is 13.1. The summed E-state index contributed by atoms with van der Waals surface area (Å²) >= 11 is 0. The largest absolute Gasteiger partial charge is 0.329 e. The molecule has 3 heterocycles. The highest BCUT2D eigenvalue weighted by Gasteiger charge is 2.30. The third-order valence-corrected chi connectivity index (χ3v) is 5.28. The summed E-state index contributed by atoms with van der Waals surface area (Å²) in [5.74, 6) is 1.64. The van der Waals surface area contributed by atoms with Crippen molar-refractivity contribution in [2.24, 2.45) is 0 Å². The molecule has 1 atom stereocenters. The highest BCUT2D eigenvalue weighted by atomic mass is 16.2. The van der Waals surface area contributed by atoms with Crippen LogP contribution in [0.2, 0.25) is 0 Å². The molecule has 9 heteroatoms. The van der Waals surface area contributed by atoms with Crippen molar-refractivity contribution in [3.05, 3.63) is 77.9 Å². The SMILES string of the molecule is C[C@H]1CN(C(=O)c2ccc(Cn3cnnn3)cc2)Cc2nnc(-c3ccccc3)n21. The fraction of sp³-hybridized carbons (Fsp3) is 0.238. The molecular formula is C21H20N8O. The van der Waals surface area contributed by atoms with Crippen molar-refractivity contribution < 1.29 is 4.79 Å². The Labute approximate surface area is 173 Å². The van der Waals surface area contributed by atoms with E-state index in [0.717, 1.165) is 22.8 Å². The van der Waals surface area contributed by atoms with E-state index in [1.807, 2.05) is 59.5 Å². The van der Waals surface area contributed by atoms with Gasteiger partial charge in [0.25, 0.3) is 5.91 Å². The lowest BCUT2D eigenvalue weighted by molar-refractivity contribution is 0.0682. The normalized spacial score (nSPS) is 15.8. The van der Waals surface area contributed by atoms with Crippen LogP contribution in [0.15, 0.2) is 60.9 Å². The maximum atomic E-state index is 13.1. The van der Waals surface area contributed by atoms with E-state index < -0.39 is 0 Å². The molecule has 0 aliphatic carbocycles. The lowest BCUT2D eigenvalue weighted by Crippen LogP contribution is -2.40. The van der Waals surface area contributed by atoms with Crippen LogP contribution in [0, 0.1) is 0 Å². The summed E-state index contributed by atoms with van der Waals surface area (Å²) in [4.78, 5) is 14.9. The summed E-state index contributed by atoms with van der Waals surface area (Å²) < 4.78 is 3.77. The summed E-state index contributed by atoms with van der Waals surface area (Å²) in [6.45, 7) is 3.70. The minimum Gasteiger partial charge on any atom is -0.329 e. The lowest BCUT2D eigenvalue weighted by atomic mass is 10.1. The minimum atomic E-state index is -0.00802. The summed E-state index contributed by atoms with van der Waals surface area (Å²) in [5, 5.41) is 19.9. The van der Waals surface area contributed by atoms with Crippen molar-refractivity contribution in [2.75, 3.05) is 6.54 Å². The molecule has 0 fully saturated rings. The van der Waals surface area contributed by atoms with Gasteiger partial charge in [0.1, 0.15) is 6.33 Å². The molecule has 9 nitrogen and oxygen atoms in total. The molecule has 0 unspecified atom stereocenters. The first kappa shape index (κ1) is 18.2. The number of hydrogen-bond acceptors (Lipinski definition) is 6. The standard InChI is InChI=1S/C21H20N8O/c1-15-11-27(13-19-23-24-20(29(15)19)17-5-3-2-4-6-17)21(30)18-9-7-16(8-10-18)12-28-14-22-25-26-28/h2-10,14-15H,11-13H2,1H3/t15-/m0/s1. The second-order valence-corrected chi connectivity index (χ2v) is 7.41. The van der Waals surface area contributed by atoms with E-state index in [1.54, 1.807) is 11.0 Å². The first-order valence-electron chi connectivity index (χ1n) is 9.77. The number of tetrazole rings is 1. The van der Waals surface area contributed by atoms with Gasteiger partial charge in [-0.1, -0.05) is 42.5 Å². The van der Waals surface area contributed by atoms with Crippen molar-refractivity contribution in [3.63, 3.8) is 0 Å². The summed E-state index contributed by atoms with van der Waals surface area (Å²) in [7, 11) is 0. The van der Waals surface area contributed by atoms with Gasteiger partial charge < -0.3 is 9.47 Å². The van der Waals surface area contributed by atoms with E-state index in [9.17, 15) is 4.79 Å². The fourth-order valence-electron chi connectivity index (χ4n) is 3.84. The van der Waals surface area contributed by atoms with Gasteiger partial charge in [-0.15, -0.1) is 15.3 Å². The van der Waals surface area contributed by atoms with Gasteiger partial charge in [-0.25, -0.2) is 4.68 Å². The summed E-state index contributed by atoms with van der Waals surface area (Å²) in [5.41, 5.74) is 2.71. The maximum Gasteiger partial charge on any atom is 0.254 e. The van der Waals surface area contributed by atoms with E-state index in [-0.39, 0.29) is 11.9 Å². The van der Waals surface area contributed by atoms with Crippen LogP contribution in [-0.2, 0) is 13.1 Å². The van der Waals surface area contributed by atoms with Gasteiger partial charge in [-0.3, -0.25) is 4.79 Å². The Morgan fingerprint density at radius 2 is 1.87 bits per heavy atom. The molecule has 150 valence electrons. The van der Waals surface area contributed by atoms with Gasteiger partial charge in [-0.2, -0.15) is 0 Å². The van der Waals surface area contributed by atoms with Crippen molar-refractivity contribution in [1.82, 2.24) is 39.9 Å². The molecule has 1 amide bonds. The first-order valence-corrected chi connectivity index (χ1v) is 9.77. The molecule has 0 radical (unpaired) electrons. The molecule has 0 N–H and O–H groups in total. The predicted octanol–water partition coefficient (Wildman–Crippen LogP) is 2.20.